The molecule has 90 valence electrons. The first-order valence-corrected chi connectivity index (χ1v) is 5.67. The zero-order chi connectivity index (χ0) is 12.8. The molecular weight excluding hydrogens is 226 g/mol. The van der Waals surface area contributed by atoms with Gasteiger partial charge in [-0.05, 0) is 17.7 Å². The van der Waals surface area contributed by atoms with Crippen molar-refractivity contribution in [3.8, 4) is 0 Å². The molecule has 0 aliphatic rings. The smallest absolute Gasteiger partial charge is 0.252 e. The molecule has 0 fully saturated rings. The van der Waals surface area contributed by atoms with Crippen molar-refractivity contribution in [1.82, 2.24) is 5.32 Å². The van der Waals surface area contributed by atoms with E-state index in [9.17, 15) is 9.59 Å². The van der Waals surface area contributed by atoms with Gasteiger partial charge in [0.1, 0.15) is 12.3 Å². The van der Waals surface area contributed by atoms with Crippen LogP contribution in [-0.4, -0.2) is 12.2 Å². The summed E-state index contributed by atoms with van der Waals surface area (Å²) in [6.45, 7) is 0. The van der Waals surface area contributed by atoms with Gasteiger partial charge in [-0.1, -0.05) is 48.5 Å². The number of amides is 1. The second kappa shape index (κ2) is 5.77. The molecule has 1 atom stereocenters. The van der Waals surface area contributed by atoms with Gasteiger partial charge in [0, 0.05) is 5.56 Å². The second-order valence-corrected chi connectivity index (χ2v) is 3.86. The topological polar surface area (TPSA) is 46.2 Å². The van der Waals surface area contributed by atoms with E-state index >= 15 is 0 Å². The van der Waals surface area contributed by atoms with Gasteiger partial charge in [0.2, 0.25) is 0 Å². The highest BCUT2D eigenvalue weighted by Crippen LogP contribution is 2.11. The van der Waals surface area contributed by atoms with Crippen molar-refractivity contribution in [2.75, 3.05) is 0 Å². The molecule has 0 aliphatic carbocycles. The highest BCUT2D eigenvalue weighted by atomic mass is 16.2. The Kier molecular flexibility index (Phi) is 3.86. The minimum atomic E-state index is -0.612. The quantitative estimate of drug-likeness (QED) is 0.832. The molecule has 2 aromatic rings. The van der Waals surface area contributed by atoms with Crippen molar-refractivity contribution < 1.29 is 9.59 Å². The van der Waals surface area contributed by atoms with Gasteiger partial charge in [-0.25, -0.2) is 0 Å². The predicted molar refractivity (Wildman–Crippen MR) is 69.2 cm³/mol. The van der Waals surface area contributed by atoms with Crippen LogP contribution < -0.4 is 5.32 Å². The maximum atomic E-state index is 11.9. The molecule has 0 saturated heterocycles. The third-order valence-corrected chi connectivity index (χ3v) is 2.62. The molecule has 18 heavy (non-hydrogen) atoms. The van der Waals surface area contributed by atoms with E-state index < -0.39 is 6.04 Å². The van der Waals surface area contributed by atoms with Crippen molar-refractivity contribution >= 4 is 12.2 Å². The lowest BCUT2D eigenvalue weighted by Gasteiger charge is -2.12. The number of hydrogen-bond donors (Lipinski definition) is 1. The summed E-state index contributed by atoms with van der Waals surface area (Å²) in [5.41, 5.74) is 1.32. The molecule has 0 saturated carbocycles. The molecule has 0 spiro atoms. The Morgan fingerprint density at radius 3 is 2.06 bits per heavy atom. The number of carbonyl (C=O) groups is 2. The SMILES string of the molecule is O=CC(NC(=O)c1ccccc1)c1ccccc1. The predicted octanol–water partition coefficient (Wildman–Crippen LogP) is 2.36. The third-order valence-electron chi connectivity index (χ3n) is 2.62. The van der Waals surface area contributed by atoms with Gasteiger partial charge in [-0.3, -0.25) is 4.79 Å². The van der Waals surface area contributed by atoms with Crippen LogP contribution in [0.1, 0.15) is 22.0 Å². The summed E-state index contributed by atoms with van der Waals surface area (Å²) in [5.74, 6) is -0.253. The zero-order valence-corrected chi connectivity index (χ0v) is 9.74. The van der Waals surface area contributed by atoms with E-state index in [-0.39, 0.29) is 5.91 Å². The van der Waals surface area contributed by atoms with E-state index in [2.05, 4.69) is 5.32 Å². The number of carbonyl (C=O) groups excluding carboxylic acids is 2. The molecular formula is C15H13NO2. The molecule has 1 N–H and O–H groups in total. The largest absolute Gasteiger partial charge is 0.338 e. The van der Waals surface area contributed by atoms with Gasteiger partial charge in [-0.15, -0.1) is 0 Å². The second-order valence-electron chi connectivity index (χ2n) is 3.86. The average Bonchev–Trinajstić information content (AvgIpc) is 2.46. The van der Waals surface area contributed by atoms with Crippen LogP contribution in [-0.2, 0) is 4.79 Å². The molecule has 1 unspecified atom stereocenters. The maximum Gasteiger partial charge on any atom is 0.252 e. The molecule has 2 aromatic carbocycles. The Balaban J connectivity index is 2.13. The van der Waals surface area contributed by atoms with E-state index in [4.69, 9.17) is 0 Å². The first-order valence-electron chi connectivity index (χ1n) is 5.67. The van der Waals surface area contributed by atoms with Crippen molar-refractivity contribution in [2.24, 2.45) is 0 Å². The zero-order valence-electron chi connectivity index (χ0n) is 9.74. The number of rotatable bonds is 4. The van der Waals surface area contributed by atoms with Gasteiger partial charge >= 0.3 is 0 Å². The molecule has 0 radical (unpaired) electrons. The lowest BCUT2D eigenvalue weighted by molar-refractivity contribution is -0.109. The fraction of sp³-hybridized carbons (Fsp3) is 0.0667. The Labute approximate surface area is 105 Å². The first-order chi connectivity index (χ1) is 8.81. The summed E-state index contributed by atoms with van der Waals surface area (Å²) < 4.78 is 0. The molecule has 3 heteroatoms. The Morgan fingerprint density at radius 1 is 0.944 bits per heavy atom. The molecule has 0 heterocycles. The standard InChI is InChI=1S/C15H13NO2/c17-11-14(12-7-3-1-4-8-12)16-15(18)13-9-5-2-6-10-13/h1-11,14H,(H,16,18). The van der Waals surface area contributed by atoms with Crippen LogP contribution in [0.3, 0.4) is 0 Å². The minimum Gasteiger partial charge on any atom is -0.338 e. The fourth-order valence-electron chi connectivity index (χ4n) is 1.67. The van der Waals surface area contributed by atoms with Crippen molar-refractivity contribution in [2.45, 2.75) is 6.04 Å². The molecule has 0 aliphatic heterocycles. The summed E-state index contributed by atoms with van der Waals surface area (Å²) in [6.07, 6.45) is 0.732. The third kappa shape index (κ3) is 2.83. The minimum absolute atomic E-state index is 0.253. The summed E-state index contributed by atoms with van der Waals surface area (Å²) >= 11 is 0. The van der Waals surface area contributed by atoms with Crippen LogP contribution in [0, 0.1) is 0 Å². The van der Waals surface area contributed by atoms with E-state index in [0.717, 1.165) is 11.8 Å². The van der Waals surface area contributed by atoms with Crippen LogP contribution in [0.2, 0.25) is 0 Å². The van der Waals surface area contributed by atoms with Crippen molar-refractivity contribution in [3.05, 3.63) is 71.8 Å². The molecule has 2 rings (SSSR count). The van der Waals surface area contributed by atoms with Gasteiger partial charge < -0.3 is 10.1 Å². The van der Waals surface area contributed by atoms with E-state index in [0.29, 0.717) is 5.56 Å². The Hall–Kier alpha value is -2.42. The van der Waals surface area contributed by atoms with E-state index in [1.54, 1.807) is 24.3 Å². The highest BCUT2D eigenvalue weighted by molar-refractivity contribution is 5.95. The lowest BCUT2D eigenvalue weighted by Crippen LogP contribution is -2.29. The summed E-state index contributed by atoms with van der Waals surface area (Å²) in [4.78, 5) is 23.0. The van der Waals surface area contributed by atoms with Crippen molar-refractivity contribution in [3.63, 3.8) is 0 Å². The summed E-state index contributed by atoms with van der Waals surface area (Å²) in [5, 5.41) is 2.69. The van der Waals surface area contributed by atoms with E-state index in [1.165, 1.54) is 0 Å². The first kappa shape index (κ1) is 12.0. The Morgan fingerprint density at radius 2 is 1.50 bits per heavy atom. The lowest BCUT2D eigenvalue weighted by atomic mass is 10.1. The number of benzene rings is 2. The average molecular weight is 239 g/mol. The molecule has 0 aromatic heterocycles. The van der Waals surface area contributed by atoms with Crippen LogP contribution >= 0.6 is 0 Å². The summed E-state index contributed by atoms with van der Waals surface area (Å²) in [6, 6.07) is 17.4. The highest BCUT2D eigenvalue weighted by Gasteiger charge is 2.13. The fourth-order valence-corrected chi connectivity index (χ4v) is 1.67. The van der Waals surface area contributed by atoms with Gasteiger partial charge in [0.05, 0.1) is 0 Å². The number of nitrogens with one attached hydrogen (secondary N) is 1. The van der Waals surface area contributed by atoms with Crippen LogP contribution in [0.5, 0.6) is 0 Å². The van der Waals surface area contributed by atoms with Gasteiger partial charge in [0.15, 0.2) is 0 Å². The van der Waals surface area contributed by atoms with Gasteiger partial charge in [0.25, 0.3) is 5.91 Å². The normalized spacial score (nSPS) is 11.6. The monoisotopic (exact) mass is 239 g/mol. The number of aldehydes is 1. The molecule has 3 nitrogen and oxygen atoms in total. The molecule has 0 bridgehead atoms. The molecule has 1 amide bonds. The Bertz CT molecular complexity index is 523. The van der Waals surface area contributed by atoms with E-state index in [1.807, 2.05) is 36.4 Å². The maximum absolute atomic E-state index is 11.9. The van der Waals surface area contributed by atoms with Crippen molar-refractivity contribution in [1.29, 1.82) is 0 Å². The number of hydrogen-bond acceptors (Lipinski definition) is 2. The van der Waals surface area contributed by atoms with Crippen LogP contribution in [0.25, 0.3) is 0 Å². The van der Waals surface area contributed by atoms with Crippen LogP contribution in [0.15, 0.2) is 60.7 Å². The van der Waals surface area contributed by atoms with Crippen LogP contribution in [0.4, 0.5) is 0 Å². The van der Waals surface area contributed by atoms with Gasteiger partial charge in [-0.2, -0.15) is 0 Å². The summed E-state index contributed by atoms with van der Waals surface area (Å²) in [7, 11) is 0.